The van der Waals surface area contributed by atoms with E-state index in [-0.39, 0.29) is 5.56 Å². The summed E-state index contributed by atoms with van der Waals surface area (Å²) in [5.74, 6) is -1.27. The van der Waals surface area contributed by atoms with E-state index in [9.17, 15) is 9.18 Å². The molecule has 15 heavy (non-hydrogen) atoms. The van der Waals surface area contributed by atoms with Crippen LogP contribution in [0.3, 0.4) is 0 Å². The zero-order chi connectivity index (χ0) is 11.0. The Hall–Kier alpha value is -1.91. The molecule has 2 rings (SSSR count). The largest absolute Gasteiger partial charge is 0.465 e. The highest BCUT2D eigenvalue weighted by atomic mass is 19.1. The van der Waals surface area contributed by atoms with Crippen LogP contribution in [-0.4, -0.2) is 22.9 Å². The number of rotatable bonds is 1. The molecule has 0 radical (unpaired) electrons. The molecule has 1 aromatic carbocycles. The third-order valence-corrected chi connectivity index (χ3v) is 2.14. The summed E-state index contributed by atoms with van der Waals surface area (Å²) in [6.07, 6.45) is 1.52. The van der Waals surface area contributed by atoms with Crippen molar-refractivity contribution >= 4 is 16.9 Å². The van der Waals surface area contributed by atoms with Gasteiger partial charge in [-0.15, -0.1) is 0 Å². The van der Waals surface area contributed by atoms with E-state index in [4.69, 9.17) is 0 Å². The summed E-state index contributed by atoms with van der Waals surface area (Å²) in [7, 11) is 2.91. The second-order valence-corrected chi connectivity index (χ2v) is 3.15. The molecule has 0 N–H and O–H groups in total. The third-order valence-electron chi connectivity index (χ3n) is 2.14. The Morgan fingerprint density at radius 2 is 2.27 bits per heavy atom. The standard InChI is InChI=1S/C10H9FN2O2/c1-13-5-7-8(12-13)4-3-6(9(7)11)10(14)15-2/h3-5H,1-2H3. The van der Waals surface area contributed by atoms with Crippen LogP contribution in [-0.2, 0) is 11.8 Å². The Kier molecular flexibility index (Phi) is 2.15. The summed E-state index contributed by atoms with van der Waals surface area (Å²) in [6.45, 7) is 0. The second kappa shape index (κ2) is 3.34. The van der Waals surface area contributed by atoms with Gasteiger partial charge in [0.05, 0.1) is 23.6 Å². The van der Waals surface area contributed by atoms with E-state index < -0.39 is 11.8 Å². The molecule has 0 saturated heterocycles. The van der Waals surface area contributed by atoms with Crippen molar-refractivity contribution in [3.05, 3.63) is 29.7 Å². The van der Waals surface area contributed by atoms with Crippen molar-refractivity contribution in [1.82, 2.24) is 9.78 Å². The molecule has 0 fully saturated rings. The minimum Gasteiger partial charge on any atom is -0.465 e. The number of ether oxygens (including phenoxy) is 1. The second-order valence-electron chi connectivity index (χ2n) is 3.15. The highest BCUT2D eigenvalue weighted by molar-refractivity contribution is 5.94. The Labute approximate surface area is 85.3 Å². The number of nitrogens with zero attached hydrogens (tertiary/aromatic N) is 2. The minimum absolute atomic E-state index is 0.0713. The van der Waals surface area contributed by atoms with Gasteiger partial charge in [-0.3, -0.25) is 4.68 Å². The van der Waals surface area contributed by atoms with E-state index in [0.717, 1.165) is 0 Å². The first kappa shape index (κ1) is 9.64. The van der Waals surface area contributed by atoms with Crippen molar-refractivity contribution in [3.8, 4) is 0 Å². The monoisotopic (exact) mass is 208 g/mol. The SMILES string of the molecule is COC(=O)c1ccc2nn(C)cc2c1F. The fourth-order valence-electron chi connectivity index (χ4n) is 1.45. The van der Waals surface area contributed by atoms with Crippen molar-refractivity contribution in [1.29, 1.82) is 0 Å². The number of aryl methyl sites for hydroxylation is 1. The van der Waals surface area contributed by atoms with Crippen LogP contribution in [0.1, 0.15) is 10.4 Å². The molecule has 0 amide bonds. The number of fused-ring (bicyclic) bond motifs is 1. The van der Waals surface area contributed by atoms with E-state index in [1.807, 2.05) is 0 Å². The molecule has 0 atom stereocenters. The van der Waals surface area contributed by atoms with Gasteiger partial charge in [-0.2, -0.15) is 5.10 Å². The number of hydrogen-bond donors (Lipinski definition) is 0. The van der Waals surface area contributed by atoms with Crippen LogP contribution in [0.15, 0.2) is 18.3 Å². The van der Waals surface area contributed by atoms with Gasteiger partial charge in [0.2, 0.25) is 0 Å². The molecule has 2 aromatic rings. The number of carbonyl (C=O) groups is 1. The number of benzene rings is 1. The molecule has 0 aliphatic heterocycles. The Balaban J connectivity index is 2.69. The lowest BCUT2D eigenvalue weighted by atomic mass is 10.1. The Morgan fingerprint density at radius 3 is 2.93 bits per heavy atom. The molecule has 0 aliphatic carbocycles. The molecular formula is C10H9FN2O2. The van der Waals surface area contributed by atoms with Gasteiger partial charge in [0, 0.05) is 13.2 Å². The van der Waals surface area contributed by atoms with Crippen LogP contribution in [0.4, 0.5) is 4.39 Å². The summed E-state index contributed by atoms with van der Waals surface area (Å²) in [6, 6.07) is 2.96. The molecule has 0 unspecified atom stereocenters. The molecule has 1 aromatic heterocycles. The number of carbonyl (C=O) groups excluding carboxylic acids is 1. The highest BCUT2D eigenvalue weighted by Gasteiger charge is 2.16. The first-order valence-electron chi connectivity index (χ1n) is 4.33. The van der Waals surface area contributed by atoms with Gasteiger partial charge in [-0.1, -0.05) is 0 Å². The number of aromatic nitrogens is 2. The minimum atomic E-state index is -0.682. The third kappa shape index (κ3) is 1.45. The first-order chi connectivity index (χ1) is 7.13. The van der Waals surface area contributed by atoms with Crippen LogP contribution in [0.5, 0.6) is 0 Å². The Morgan fingerprint density at radius 1 is 1.53 bits per heavy atom. The summed E-state index contributed by atoms with van der Waals surface area (Å²) < 4.78 is 19.7. The van der Waals surface area contributed by atoms with Crippen LogP contribution in [0.2, 0.25) is 0 Å². The number of hydrogen-bond acceptors (Lipinski definition) is 3. The first-order valence-corrected chi connectivity index (χ1v) is 4.33. The molecule has 0 spiro atoms. The normalized spacial score (nSPS) is 10.6. The topological polar surface area (TPSA) is 44.1 Å². The van der Waals surface area contributed by atoms with E-state index in [0.29, 0.717) is 10.9 Å². The van der Waals surface area contributed by atoms with Gasteiger partial charge in [-0.25, -0.2) is 9.18 Å². The van der Waals surface area contributed by atoms with E-state index in [1.54, 1.807) is 13.1 Å². The molecular weight excluding hydrogens is 199 g/mol. The van der Waals surface area contributed by atoms with E-state index in [1.165, 1.54) is 24.1 Å². The lowest BCUT2D eigenvalue weighted by Gasteiger charge is -2.00. The van der Waals surface area contributed by atoms with Gasteiger partial charge < -0.3 is 4.74 Å². The molecule has 78 valence electrons. The average molecular weight is 208 g/mol. The molecule has 4 nitrogen and oxygen atoms in total. The maximum Gasteiger partial charge on any atom is 0.340 e. The van der Waals surface area contributed by atoms with Crippen LogP contribution >= 0.6 is 0 Å². The average Bonchev–Trinajstić information content (AvgIpc) is 2.59. The summed E-state index contributed by atoms with van der Waals surface area (Å²) in [4.78, 5) is 11.2. The zero-order valence-corrected chi connectivity index (χ0v) is 8.32. The summed E-state index contributed by atoms with van der Waals surface area (Å²) >= 11 is 0. The van der Waals surface area contributed by atoms with Gasteiger partial charge in [0.1, 0.15) is 5.82 Å². The van der Waals surface area contributed by atoms with Gasteiger partial charge in [-0.05, 0) is 12.1 Å². The van der Waals surface area contributed by atoms with Gasteiger partial charge >= 0.3 is 5.97 Å². The van der Waals surface area contributed by atoms with Crippen molar-refractivity contribution in [3.63, 3.8) is 0 Å². The predicted octanol–water partition coefficient (Wildman–Crippen LogP) is 1.50. The summed E-state index contributed by atoms with van der Waals surface area (Å²) in [5, 5.41) is 4.34. The van der Waals surface area contributed by atoms with Crippen LogP contribution < -0.4 is 0 Å². The number of halogens is 1. The predicted molar refractivity (Wildman–Crippen MR) is 52.0 cm³/mol. The van der Waals surface area contributed by atoms with Crippen LogP contribution in [0.25, 0.3) is 10.9 Å². The fourth-order valence-corrected chi connectivity index (χ4v) is 1.45. The Bertz CT molecular complexity index is 533. The maximum atomic E-state index is 13.8. The molecule has 5 heteroatoms. The van der Waals surface area contributed by atoms with E-state index >= 15 is 0 Å². The van der Waals surface area contributed by atoms with Crippen molar-refractivity contribution in [2.45, 2.75) is 0 Å². The van der Waals surface area contributed by atoms with Crippen molar-refractivity contribution < 1.29 is 13.9 Å². The maximum absolute atomic E-state index is 13.8. The van der Waals surface area contributed by atoms with Gasteiger partial charge in [0.25, 0.3) is 0 Å². The lowest BCUT2D eigenvalue weighted by Crippen LogP contribution is -2.04. The van der Waals surface area contributed by atoms with Crippen LogP contribution in [0, 0.1) is 5.82 Å². The molecule has 0 aliphatic rings. The quantitative estimate of drug-likeness (QED) is 0.667. The molecule has 0 bridgehead atoms. The van der Waals surface area contributed by atoms with Crippen molar-refractivity contribution in [2.24, 2.45) is 7.05 Å². The van der Waals surface area contributed by atoms with Crippen molar-refractivity contribution in [2.75, 3.05) is 7.11 Å². The van der Waals surface area contributed by atoms with Gasteiger partial charge in [0.15, 0.2) is 0 Å². The molecule has 0 saturated carbocycles. The highest BCUT2D eigenvalue weighted by Crippen LogP contribution is 2.20. The lowest BCUT2D eigenvalue weighted by molar-refractivity contribution is 0.0596. The smallest absolute Gasteiger partial charge is 0.340 e. The summed E-state index contributed by atoms with van der Waals surface area (Å²) in [5.41, 5.74) is 0.445. The number of methoxy groups -OCH3 is 1. The number of esters is 1. The molecule has 1 heterocycles. The fraction of sp³-hybridized carbons (Fsp3) is 0.200. The van der Waals surface area contributed by atoms with E-state index in [2.05, 4.69) is 9.84 Å². The zero-order valence-electron chi connectivity index (χ0n) is 8.32.